The van der Waals surface area contributed by atoms with Gasteiger partial charge in [-0.2, -0.15) is 0 Å². The normalized spacial score (nSPS) is 19.9. The van der Waals surface area contributed by atoms with Gasteiger partial charge in [-0.1, -0.05) is 6.92 Å². The van der Waals surface area contributed by atoms with Gasteiger partial charge in [0.1, 0.15) is 6.04 Å². The molecule has 1 heterocycles. The molecule has 1 aliphatic heterocycles. The largest absolute Gasteiger partial charge is 0.354 e. The Bertz CT molecular complexity index is 311. The molecule has 1 saturated heterocycles. The number of carbonyl (C=O) groups is 2. The van der Waals surface area contributed by atoms with Gasteiger partial charge in [0.2, 0.25) is 11.8 Å². The highest BCUT2D eigenvalue weighted by Gasteiger charge is 2.31. The summed E-state index contributed by atoms with van der Waals surface area (Å²) in [5.74, 6) is 0.0827. The van der Waals surface area contributed by atoms with E-state index in [0.717, 1.165) is 32.1 Å². The Kier molecular flexibility index (Phi) is 9.59. The van der Waals surface area contributed by atoms with Crippen LogP contribution < -0.4 is 11.1 Å². The summed E-state index contributed by atoms with van der Waals surface area (Å²) in [6, 6.07) is -0.189. The number of rotatable bonds is 6. The van der Waals surface area contributed by atoms with Gasteiger partial charge in [-0.3, -0.25) is 9.59 Å². The van der Waals surface area contributed by atoms with E-state index in [1.807, 2.05) is 13.8 Å². The highest BCUT2D eigenvalue weighted by molar-refractivity contribution is 5.87. The summed E-state index contributed by atoms with van der Waals surface area (Å²) in [7, 11) is 0. The van der Waals surface area contributed by atoms with Crippen LogP contribution in [-0.2, 0) is 9.59 Å². The van der Waals surface area contributed by atoms with Gasteiger partial charge in [0.15, 0.2) is 0 Å². The van der Waals surface area contributed by atoms with E-state index in [9.17, 15) is 9.59 Å². The van der Waals surface area contributed by atoms with Crippen LogP contribution >= 0.6 is 12.4 Å². The second-order valence-electron chi connectivity index (χ2n) is 5.41. The molecule has 20 heavy (non-hydrogen) atoms. The van der Waals surface area contributed by atoms with Crippen molar-refractivity contribution in [3.8, 4) is 0 Å². The average Bonchev–Trinajstić information content (AvgIpc) is 2.38. The molecule has 1 aliphatic rings. The lowest BCUT2D eigenvalue weighted by Crippen LogP contribution is -2.52. The van der Waals surface area contributed by atoms with Crippen molar-refractivity contribution >= 4 is 24.2 Å². The summed E-state index contributed by atoms with van der Waals surface area (Å²) in [4.78, 5) is 25.9. The average molecular weight is 306 g/mol. The summed E-state index contributed by atoms with van der Waals surface area (Å²) < 4.78 is 0. The molecule has 0 aromatic rings. The number of piperidine rings is 1. The van der Waals surface area contributed by atoms with Crippen LogP contribution in [0.25, 0.3) is 0 Å². The lowest BCUT2D eigenvalue weighted by molar-refractivity contribution is -0.142. The van der Waals surface area contributed by atoms with Gasteiger partial charge >= 0.3 is 0 Å². The summed E-state index contributed by atoms with van der Waals surface area (Å²) in [6.07, 6.45) is 4.92. The fourth-order valence-electron chi connectivity index (χ4n) is 2.40. The third kappa shape index (κ3) is 6.09. The van der Waals surface area contributed by atoms with Gasteiger partial charge in [-0.25, -0.2) is 0 Å². The Labute approximate surface area is 128 Å². The first-order chi connectivity index (χ1) is 9.06. The topological polar surface area (TPSA) is 75.4 Å². The zero-order valence-electron chi connectivity index (χ0n) is 12.6. The van der Waals surface area contributed by atoms with Crippen LogP contribution in [0.2, 0.25) is 0 Å². The number of hydrogen-bond donors (Lipinski definition) is 2. The van der Waals surface area contributed by atoms with E-state index in [-0.39, 0.29) is 36.3 Å². The summed E-state index contributed by atoms with van der Waals surface area (Å²) in [6.45, 7) is 5.20. The molecule has 2 unspecified atom stereocenters. The van der Waals surface area contributed by atoms with Crippen LogP contribution in [0, 0.1) is 0 Å². The van der Waals surface area contributed by atoms with E-state index in [1.165, 1.54) is 0 Å². The molecule has 1 fully saturated rings. The molecule has 0 aliphatic carbocycles. The lowest BCUT2D eigenvalue weighted by atomic mass is 10.0. The van der Waals surface area contributed by atoms with E-state index in [0.29, 0.717) is 19.5 Å². The van der Waals surface area contributed by atoms with Crippen molar-refractivity contribution in [3.05, 3.63) is 0 Å². The molecule has 6 heteroatoms. The first-order valence-electron chi connectivity index (χ1n) is 7.39. The molecule has 2 amide bonds. The number of halogens is 1. The Morgan fingerprint density at radius 3 is 2.70 bits per heavy atom. The summed E-state index contributed by atoms with van der Waals surface area (Å²) in [5, 5.41) is 2.90. The van der Waals surface area contributed by atoms with E-state index in [2.05, 4.69) is 5.32 Å². The quantitative estimate of drug-likeness (QED) is 0.780. The van der Waals surface area contributed by atoms with E-state index in [1.54, 1.807) is 4.90 Å². The molecular weight excluding hydrogens is 278 g/mol. The number of likely N-dealkylation sites (tertiary alicyclic amines) is 1. The fraction of sp³-hybridized carbons (Fsp3) is 0.857. The lowest BCUT2D eigenvalue weighted by Gasteiger charge is -2.34. The number of nitrogens with two attached hydrogens (primary N) is 1. The molecule has 5 nitrogen and oxygen atoms in total. The molecule has 2 atom stereocenters. The van der Waals surface area contributed by atoms with E-state index < -0.39 is 0 Å². The van der Waals surface area contributed by atoms with Crippen LogP contribution in [0.15, 0.2) is 0 Å². The van der Waals surface area contributed by atoms with Crippen molar-refractivity contribution in [2.24, 2.45) is 5.73 Å². The van der Waals surface area contributed by atoms with Gasteiger partial charge in [-0.05, 0) is 39.0 Å². The van der Waals surface area contributed by atoms with Gasteiger partial charge in [0.25, 0.3) is 0 Å². The smallest absolute Gasteiger partial charge is 0.242 e. The zero-order chi connectivity index (χ0) is 14.3. The van der Waals surface area contributed by atoms with E-state index >= 15 is 0 Å². The first-order valence-corrected chi connectivity index (χ1v) is 7.39. The Morgan fingerprint density at radius 1 is 1.40 bits per heavy atom. The maximum absolute atomic E-state index is 12.2. The minimum absolute atomic E-state index is 0. The van der Waals surface area contributed by atoms with Crippen molar-refractivity contribution in [2.45, 2.75) is 64.5 Å². The molecule has 0 radical (unpaired) electrons. The van der Waals surface area contributed by atoms with Gasteiger partial charge in [0, 0.05) is 25.6 Å². The van der Waals surface area contributed by atoms with E-state index in [4.69, 9.17) is 5.73 Å². The molecule has 0 aromatic carbocycles. The molecule has 3 N–H and O–H groups in total. The number of hydrogen-bond acceptors (Lipinski definition) is 3. The number of nitrogens with zero attached hydrogens (tertiary/aromatic N) is 1. The van der Waals surface area contributed by atoms with Crippen LogP contribution in [0.1, 0.15) is 52.4 Å². The monoisotopic (exact) mass is 305 g/mol. The van der Waals surface area contributed by atoms with Crippen LogP contribution in [0.4, 0.5) is 0 Å². The minimum Gasteiger partial charge on any atom is -0.354 e. The van der Waals surface area contributed by atoms with Gasteiger partial charge < -0.3 is 16.0 Å². The molecule has 1 rings (SSSR count). The second-order valence-corrected chi connectivity index (χ2v) is 5.41. The van der Waals surface area contributed by atoms with Gasteiger partial charge in [-0.15, -0.1) is 12.4 Å². The fourth-order valence-corrected chi connectivity index (χ4v) is 2.40. The summed E-state index contributed by atoms with van der Waals surface area (Å²) >= 11 is 0. The predicted octanol–water partition coefficient (Wildman–Crippen LogP) is 1.44. The molecule has 0 spiro atoms. The molecule has 0 bridgehead atoms. The second kappa shape index (κ2) is 10.00. The van der Waals surface area contributed by atoms with Crippen molar-refractivity contribution in [2.75, 3.05) is 13.1 Å². The van der Waals surface area contributed by atoms with Crippen molar-refractivity contribution in [3.63, 3.8) is 0 Å². The summed E-state index contributed by atoms with van der Waals surface area (Å²) in [5.41, 5.74) is 5.66. The highest BCUT2D eigenvalue weighted by atomic mass is 35.5. The Hall–Kier alpha value is -0.810. The third-order valence-corrected chi connectivity index (χ3v) is 3.49. The van der Waals surface area contributed by atoms with Crippen molar-refractivity contribution in [1.29, 1.82) is 0 Å². The molecule has 0 aromatic heterocycles. The Balaban J connectivity index is 0.00000361. The van der Waals surface area contributed by atoms with Crippen molar-refractivity contribution in [1.82, 2.24) is 10.2 Å². The number of amides is 2. The van der Waals surface area contributed by atoms with Crippen molar-refractivity contribution < 1.29 is 9.59 Å². The third-order valence-electron chi connectivity index (χ3n) is 3.49. The maximum Gasteiger partial charge on any atom is 0.242 e. The number of nitrogens with one attached hydrogen (secondary N) is 1. The molecular formula is C14H28ClN3O2. The maximum atomic E-state index is 12.2. The minimum atomic E-state index is -0.277. The SMILES string of the molecule is CCCC(=O)N1CCCCC1C(=O)NCCC(C)N.Cl. The standard InChI is InChI=1S/C14H27N3O2.ClH/c1-3-6-13(18)17-10-5-4-7-12(17)14(19)16-9-8-11(2)15;/h11-12H,3-10,15H2,1-2H3,(H,16,19);1H. The van der Waals surface area contributed by atoms with Gasteiger partial charge in [0.05, 0.1) is 0 Å². The molecule has 0 saturated carbocycles. The first kappa shape index (κ1) is 19.2. The van der Waals surface area contributed by atoms with Crippen LogP contribution in [-0.4, -0.2) is 41.9 Å². The Morgan fingerprint density at radius 2 is 2.10 bits per heavy atom. The zero-order valence-corrected chi connectivity index (χ0v) is 13.4. The predicted molar refractivity (Wildman–Crippen MR) is 82.8 cm³/mol. The highest BCUT2D eigenvalue weighted by Crippen LogP contribution is 2.18. The molecule has 118 valence electrons. The van der Waals surface area contributed by atoms with Crippen LogP contribution in [0.5, 0.6) is 0 Å². The number of carbonyl (C=O) groups excluding carboxylic acids is 2. The van der Waals surface area contributed by atoms with Crippen LogP contribution in [0.3, 0.4) is 0 Å².